The zero-order chi connectivity index (χ0) is 14.4. The summed E-state index contributed by atoms with van der Waals surface area (Å²) in [5.74, 6) is 1.04. The van der Waals surface area contributed by atoms with Gasteiger partial charge in [0.25, 0.3) is 0 Å². The second kappa shape index (κ2) is 7.09. The van der Waals surface area contributed by atoms with Gasteiger partial charge in [-0.2, -0.15) is 0 Å². The van der Waals surface area contributed by atoms with Crippen LogP contribution in [0.15, 0.2) is 24.3 Å². The van der Waals surface area contributed by atoms with Crippen LogP contribution in [-0.4, -0.2) is 39.5 Å². The molecule has 0 unspecified atom stereocenters. The molecule has 0 spiro atoms. The lowest BCUT2D eigenvalue weighted by atomic mass is 9.86. The number of rotatable bonds is 5. The zero-order valence-electron chi connectivity index (χ0n) is 13.1. The van der Waals surface area contributed by atoms with Gasteiger partial charge >= 0.3 is 0 Å². The van der Waals surface area contributed by atoms with E-state index in [0.29, 0.717) is 0 Å². The molecule has 3 heteroatoms. The van der Waals surface area contributed by atoms with E-state index in [2.05, 4.69) is 45.0 Å². The number of morpholine rings is 1. The predicted molar refractivity (Wildman–Crippen MR) is 81.6 cm³/mol. The van der Waals surface area contributed by atoms with Crippen molar-refractivity contribution >= 4 is 0 Å². The van der Waals surface area contributed by atoms with E-state index in [1.807, 2.05) is 0 Å². The van der Waals surface area contributed by atoms with Crippen LogP contribution in [0, 0.1) is 0 Å². The number of para-hydroxylation sites is 1. The van der Waals surface area contributed by atoms with Crippen LogP contribution in [0.25, 0.3) is 0 Å². The van der Waals surface area contributed by atoms with E-state index in [1.54, 1.807) is 4.90 Å². The zero-order valence-corrected chi connectivity index (χ0v) is 13.1. The normalized spacial score (nSPS) is 17.1. The molecule has 1 aromatic rings. The SMILES string of the molecule is CC(C)(C)c1ccccc1OCCC[NH+]1CCOCC1. The van der Waals surface area contributed by atoms with Crippen molar-refractivity contribution in [2.45, 2.75) is 32.6 Å². The number of ether oxygens (including phenoxy) is 2. The molecule has 1 fully saturated rings. The highest BCUT2D eigenvalue weighted by Crippen LogP contribution is 2.30. The molecule has 3 nitrogen and oxygen atoms in total. The van der Waals surface area contributed by atoms with Gasteiger partial charge in [0.2, 0.25) is 0 Å². The van der Waals surface area contributed by atoms with Crippen LogP contribution < -0.4 is 9.64 Å². The van der Waals surface area contributed by atoms with E-state index < -0.39 is 0 Å². The molecule has 0 atom stereocenters. The first-order valence-corrected chi connectivity index (χ1v) is 7.71. The van der Waals surface area contributed by atoms with Crippen LogP contribution in [-0.2, 0) is 10.2 Å². The van der Waals surface area contributed by atoms with Gasteiger partial charge in [0, 0.05) is 6.42 Å². The first-order valence-electron chi connectivity index (χ1n) is 7.71. The molecule has 1 saturated heterocycles. The van der Waals surface area contributed by atoms with Crippen molar-refractivity contribution in [3.8, 4) is 5.75 Å². The largest absolute Gasteiger partial charge is 0.493 e. The van der Waals surface area contributed by atoms with Crippen LogP contribution in [0.3, 0.4) is 0 Å². The molecular formula is C17H28NO2+. The van der Waals surface area contributed by atoms with E-state index in [-0.39, 0.29) is 5.41 Å². The predicted octanol–water partition coefficient (Wildman–Crippen LogP) is 1.67. The van der Waals surface area contributed by atoms with Crippen molar-refractivity contribution in [3.05, 3.63) is 29.8 Å². The Morgan fingerprint density at radius 3 is 2.55 bits per heavy atom. The van der Waals surface area contributed by atoms with Gasteiger partial charge in [-0.05, 0) is 17.0 Å². The van der Waals surface area contributed by atoms with Crippen molar-refractivity contribution in [2.24, 2.45) is 0 Å². The smallest absolute Gasteiger partial charge is 0.123 e. The van der Waals surface area contributed by atoms with E-state index in [9.17, 15) is 0 Å². The maximum atomic E-state index is 6.01. The highest BCUT2D eigenvalue weighted by molar-refractivity contribution is 5.38. The second-order valence-corrected chi connectivity index (χ2v) is 6.56. The maximum absolute atomic E-state index is 6.01. The molecule has 1 aliphatic rings. The van der Waals surface area contributed by atoms with Gasteiger partial charge in [-0.1, -0.05) is 39.0 Å². The molecule has 0 aliphatic carbocycles. The number of benzene rings is 1. The molecule has 1 aliphatic heterocycles. The Morgan fingerprint density at radius 2 is 1.85 bits per heavy atom. The summed E-state index contributed by atoms with van der Waals surface area (Å²) in [6, 6.07) is 8.40. The topological polar surface area (TPSA) is 22.9 Å². The van der Waals surface area contributed by atoms with Gasteiger partial charge < -0.3 is 14.4 Å². The molecule has 1 heterocycles. The Morgan fingerprint density at radius 1 is 1.15 bits per heavy atom. The summed E-state index contributed by atoms with van der Waals surface area (Å²) < 4.78 is 11.4. The third-order valence-corrected chi connectivity index (χ3v) is 3.83. The van der Waals surface area contributed by atoms with Gasteiger partial charge in [0.05, 0.1) is 26.4 Å². The number of nitrogens with one attached hydrogen (secondary N) is 1. The molecule has 0 amide bonds. The van der Waals surface area contributed by atoms with Crippen molar-refractivity contribution in [1.82, 2.24) is 0 Å². The van der Waals surface area contributed by atoms with Crippen LogP contribution in [0.2, 0.25) is 0 Å². The summed E-state index contributed by atoms with van der Waals surface area (Å²) in [6.07, 6.45) is 1.10. The maximum Gasteiger partial charge on any atom is 0.123 e. The van der Waals surface area contributed by atoms with E-state index in [4.69, 9.17) is 9.47 Å². The van der Waals surface area contributed by atoms with Gasteiger partial charge in [-0.25, -0.2) is 0 Å². The van der Waals surface area contributed by atoms with Crippen molar-refractivity contribution in [1.29, 1.82) is 0 Å². The molecule has 2 rings (SSSR count). The van der Waals surface area contributed by atoms with Crippen molar-refractivity contribution < 1.29 is 14.4 Å². The van der Waals surface area contributed by atoms with Crippen LogP contribution in [0.1, 0.15) is 32.8 Å². The summed E-state index contributed by atoms with van der Waals surface area (Å²) >= 11 is 0. The average molecular weight is 278 g/mol. The molecular weight excluding hydrogens is 250 g/mol. The Bertz CT molecular complexity index is 406. The third kappa shape index (κ3) is 4.50. The highest BCUT2D eigenvalue weighted by atomic mass is 16.5. The van der Waals surface area contributed by atoms with E-state index in [1.165, 1.54) is 12.1 Å². The van der Waals surface area contributed by atoms with Crippen molar-refractivity contribution in [2.75, 3.05) is 39.5 Å². The molecule has 1 aromatic carbocycles. The number of quaternary nitrogens is 1. The van der Waals surface area contributed by atoms with Crippen LogP contribution >= 0.6 is 0 Å². The van der Waals surface area contributed by atoms with Crippen molar-refractivity contribution in [3.63, 3.8) is 0 Å². The second-order valence-electron chi connectivity index (χ2n) is 6.56. The number of hydrogen-bond donors (Lipinski definition) is 1. The minimum Gasteiger partial charge on any atom is -0.493 e. The summed E-state index contributed by atoms with van der Waals surface area (Å²) in [5.41, 5.74) is 1.42. The van der Waals surface area contributed by atoms with Gasteiger partial charge in [0.15, 0.2) is 0 Å². The Kier molecular flexibility index (Phi) is 5.44. The van der Waals surface area contributed by atoms with Gasteiger partial charge in [-0.15, -0.1) is 0 Å². The lowest BCUT2D eigenvalue weighted by Crippen LogP contribution is -3.14. The average Bonchev–Trinajstić information content (AvgIpc) is 2.44. The van der Waals surface area contributed by atoms with Gasteiger partial charge in [-0.3, -0.25) is 0 Å². The third-order valence-electron chi connectivity index (χ3n) is 3.83. The number of hydrogen-bond acceptors (Lipinski definition) is 2. The van der Waals surface area contributed by atoms with Gasteiger partial charge in [0.1, 0.15) is 18.8 Å². The van der Waals surface area contributed by atoms with Crippen LogP contribution in [0.5, 0.6) is 5.75 Å². The fourth-order valence-corrected chi connectivity index (χ4v) is 2.63. The Hall–Kier alpha value is -1.06. The monoisotopic (exact) mass is 278 g/mol. The summed E-state index contributed by atoms with van der Waals surface area (Å²) in [7, 11) is 0. The fraction of sp³-hybridized carbons (Fsp3) is 0.647. The molecule has 0 saturated carbocycles. The minimum atomic E-state index is 0.131. The Balaban J connectivity index is 1.79. The van der Waals surface area contributed by atoms with E-state index in [0.717, 1.165) is 45.1 Å². The molecule has 112 valence electrons. The lowest BCUT2D eigenvalue weighted by molar-refractivity contribution is -0.908. The minimum absolute atomic E-state index is 0.131. The summed E-state index contributed by atoms with van der Waals surface area (Å²) in [5, 5.41) is 0. The quantitative estimate of drug-likeness (QED) is 0.828. The molecule has 0 bridgehead atoms. The van der Waals surface area contributed by atoms with E-state index >= 15 is 0 Å². The molecule has 20 heavy (non-hydrogen) atoms. The highest BCUT2D eigenvalue weighted by Gasteiger charge is 2.18. The molecule has 1 N–H and O–H groups in total. The molecule has 0 radical (unpaired) electrons. The summed E-state index contributed by atoms with van der Waals surface area (Å²) in [4.78, 5) is 1.64. The fourth-order valence-electron chi connectivity index (χ4n) is 2.63. The first kappa shape index (κ1) is 15.3. The first-order chi connectivity index (χ1) is 9.57. The molecule has 0 aromatic heterocycles. The standard InChI is InChI=1S/C17H27NO2/c1-17(2,3)15-7-4-5-8-16(15)20-12-6-9-18-10-13-19-14-11-18/h4-5,7-8H,6,9-14H2,1-3H3/p+1. The lowest BCUT2D eigenvalue weighted by Gasteiger charge is -2.24. The van der Waals surface area contributed by atoms with Crippen LogP contribution in [0.4, 0.5) is 0 Å². The summed E-state index contributed by atoms with van der Waals surface area (Å²) in [6.45, 7) is 12.8. The Labute approximate surface area is 122 Å².